The summed E-state index contributed by atoms with van der Waals surface area (Å²) in [7, 11) is -2.93. The summed E-state index contributed by atoms with van der Waals surface area (Å²) in [4.78, 5) is 17.3. The van der Waals surface area contributed by atoms with Crippen LogP contribution in [0.15, 0.2) is 6.07 Å². The molecular formula is C13H20N2O3S. The Morgan fingerprint density at radius 3 is 2.68 bits per heavy atom. The number of rotatable bonds is 3. The standard InChI is InChI=1S/C13H20N2O3S/c1-9-6-12(11(3)14-9)13(16)7-15-4-5-19(17,18)8-10(15)2/h6,10,14H,4-5,7-8H2,1-3H3. The fourth-order valence-electron chi connectivity index (χ4n) is 2.55. The molecule has 1 aliphatic heterocycles. The number of carbonyl (C=O) groups excluding carboxylic acids is 1. The molecule has 1 unspecified atom stereocenters. The Kier molecular flexibility index (Phi) is 3.82. The van der Waals surface area contributed by atoms with Gasteiger partial charge in [0.25, 0.3) is 0 Å². The van der Waals surface area contributed by atoms with Crippen molar-refractivity contribution >= 4 is 15.6 Å². The molecule has 2 rings (SSSR count). The first-order valence-corrected chi connectivity index (χ1v) is 8.24. The fraction of sp³-hybridized carbons (Fsp3) is 0.615. The molecular weight excluding hydrogens is 264 g/mol. The lowest BCUT2D eigenvalue weighted by molar-refractivity contribution is 0.0908. The molecule has 0 aliphatic carbocycles. The van der Waals surface area contributed by atoms with Gasteiger partial charge in [-0.3, -0.25) is 9.69 Å². The van der Waals surface area contributed by atoms with Gasteiger partial charge in [-0.2, -0.15) is 0 Å². The van der Waals surface area contributed by atoms with Gasteiger partial charge in [0.15, 0.2) is 15.6 Å². The molecule has 0 bridgehead atoms. The van der Waals surface area contributed by atoms with Gasteiger partial charge in [0.05, 0.1) is 18.1 Å². The lowest BCUT2D eigenvalue weighted by Crippen LogP contribution is -2.48. The van der Waals surface area contributed by atoms with Crippen LogP contribution in [0.2, 0.25) is 0 Å². The number of hydrogen-bond acceptors (Lipinski definition) is 4. The molecule has 5 nitrogen and oxygen atoms in total. The lowest BCUT2D eigenvalue weighted by Gasteiger charge is -2.32. The normalized spacial score (nSPS) is 23.4. The van der Waals surface area contributed by atoms with Crippen LogP contribution in [0.4, 0.5) is 0 Å². The molecule has 6 heteroatoms. The Balaban J connectivity index is 2.06. The second-order valence-corrected chi connectivity index (χ2v) is 7.58. The number of hydrogen-bond donors (Lipinski definition) is 1. The summed E-state index contributed by atoms with van der Waals surface area (Å²) in [5.41, 5.74) is 2.55. The summed E-state index contributed by atoms with van der Waals surface area (Å²) in [6.07, 6.45) is 0. The molecule has 1 fully saturated rings. The van der Waals surface area contributed by atoms with E-state index in [2.05, 4.69) is 4.98 Å². The SMILES string of the molecule is Cc1cc(C(=O)CN2CCS(=O)(=O)CC2C)c(C)[nH]1. The molecule has 1 aromatic heterocycles. The molecule has 0 spiro atoms. The van der Waals surface area contributed by atoms with E-state index in [9.17, 15) is 13.2 Å². The monoisotopic (exact) mass is 284 g/mol. The van der Waals surface area contributed by atoms with Crippen molar-refractivity contribution in [1.29, 1.82) is 0 Å². The van der Waals surface area contributed by atoms with Gasteiger partial charge in [0.2, 0.25) is 0 Å². The minimum Gasteiger partial charge on any atom is -0.362 e. The first-order chi connectivity index (χ1) is 8.78. The number of sulfone groups is 1. The van der Waals surface area contributed by atoms with Gasteiger partial charge in [-0.05, 0) is 26.8 Å². The lowest BCUT2D eigenvalue weighted by atomic mass is 10.1. The van der Waals surface area contributed by atoms with Gasteiger partial charge in [0, 0.05) is 29.5 Å². The van der Waals surface area contributed by atoms with Gasteiger partial charge in [-0.1, -0.05) is 0 Å². The number of Topliss-reactive ketones (excluding diaryl/α,β-unsaturated/α-hetero) is 1. The summed E-state index contributed by atoms with van der Waals surface area (Å²) in [6, 6.07) is 1.76. The second kappa shape index (κ2) is 5.09. The summed E-state index contributed by atoms with van der Waals surface area (Å²) >= 11 is 0. The number of aryl methyl sites for hydroxylation is 2. The van der Waals surface area contributed by atoms with Crippen molar-refractivity contribution in [3.8, 4) is 0 Å². The molecule has 106 valence electrons. The molecule has 1 atom stereocenters. The highest BCUT2D eigenvalue weighted by atomic mass is 32.2. The predicted octanol–water partition coefficient (Wildman–Crippen LogP) is 0.933. The number of ketones is 1. The number of H-pyrrole nitrogens is 1. The minimum absolute atomic E-state index is 0.0491. The van der Waals surface area contributed by atoms with E-state index in [4.69, 9.17) is 0 Å². The van der Waals surface area contributed by atoms with Crippen LogP contribution in [0.3, 0.4) is 0 Å². The Bertz CT molecular complexity index is 589. The highest BCUT2D eigenvalue weighted by Crippen LogP contribution is 2.15. The number of aromatic amines is 1. The van der Waals surface area contributed by atoms with E-state index in [1.807, 2.05) is 31.7 Å². The van der Waals surface area contributed by atoms with E-state index >= 15 is 0 Å². The number of nitrogens with one attached hydrogen (secondary N) is 1. The largest absolute Gasteiger partial charge is 0.362 e. The topological polar surface area (TPSA) is 70.2 Å². The molecule has 0 saturated carbocycles. The van der Waals surface area contributed by atoms with Crippen LogP contribution in [0.1, 0.15) is 28.7 Å². The number of aromatic nitrogens is 1. The first-order valence-electron chi connectivity index (χ1n) is 6.42. The minimum atomic E-state index is -2.93. The Labute approximate surface area is 113 Å². The Hall–Kier alpha value is -1.14. The smallest absolute Gasteiger partial charge is 0.178 e. The zero-order valence-corrected chi connectivity index (χ0v) is 12.4. The zero-order chi connectivity index (χ0) is 14.2. The molecule has 1 saturated heterocycles. The van der Waals surface area contributed by atoms with Gasteiger partial charge < -0.3 is 4.98 Å². The van der Waals surface area contributed by atoms with Crippen LogP contribution < -0.4 is 0 Å². The van der Waals surface area contributed by atoms with E-state index < -0.39 is 9.84 Å². The molecule has 1 N–H and O–H groups in total. The molecule has 19 heavy (non-hydrogen) atoms. The van der Waals surface area contributed by atoms with Crippen LogP contribution in [0.25, 0.3) is 0 Å². The van der Waals surface area contributed by atoms with Gasteiger partial charge >= 0.3 is 0 Å². The Morgan fingerprint density at radius 1 is 1.47 bits per heavy atom. The van der Waals surface area contributed by atoms with Crippen LogP contribution in [-0.4, -0.2) is 54.7 Å². The molecule has 0 radical (unpaired) electrons. The van der Waals surface area contributed by atoms with Crippen LogP contribution in [0, 0.1) is 13.8 Å². The maximum atomic E-state index is 12.2. The maximum Gasteiger partial charge on any atom is 0.178 e. The van der Waals surface area contributed by atoms with Crippen molar-refractivity contribution in [2.75, 3.05) is 24.6 Å². The van der Waals surface area contributed by atoms with Crippen molar-refractivity contribution in [2.45, 2.75) is 26.8 Å². The second-order valence-electron chi connectivity index (χ2n) is 5.35. The zero-order valence-electron chi connectivity index (χ0n) is 11.6. The van der Waals surface area contributed by atoms with E-state index in [1.165, 1.54) is 0 Å². The van der Waals surface area contributed by atoms with E-state index in [0.29, 0.717) is 12.1 Å². The van der Waals surface area contributed by atoms with Crippen molar-refractivity contribution in [3.05, 3.63) is 23.0 Å². The van der Waals surface area contributed by atoms with Crippen molar-refractivity contribution in [1.82, 2.24) is 9.88 Å². The summed E-state index contributed by atoms with van der Waals surface area (Å²) in [5.74, 6) is 0.342. The number of nitrogens with zero attached hydrogens (tertiary/aromatic N) is 1. The molecule has 1 aliphatic rings. The van der Waals surface area contributed by atoms with Crippen LogP contribution in [-0.2, 0) is 9.84 Å². The van der Waals surface area contributed by atoms with E-state index in [1.54, 1.807) is 0 Å². The van der Waals surface area contributed by atoms with Crippen molar-refractivity contribution in [3.63, 3.8) is 0 Å². The van der Waals surface area contributed by atoms with Crippen LogP contribution >= 0.6 is 0 Å². The number of carbonyl (C=O) groups is 1. The van der Waals surface area contributed by atoms with Gasteiger partial charge in [-0.25, -0.2) is 8.42 Å². The third kappa shape index (κ3) is 3.25. The summed E-state index contributed by atoms with van der Waals surface area (Å²) < 4.78 is 23.0. The highest BCUT2D eigenvalue weighted by molar-refractivity contribution is 7.91. The first kappa shape index (κ1) is 14.3. The maximum absolute atomic E-state index is 12.2. The van der Waals surface area contributed by atoms with Crippen molar-refractivity contribution < 1.29 is 13.2 Å². The third-order valence-corrected chi connectivity index (χ3v) is 5.40. The van der Waals surface area contributed by atoms with E-state index in [0.717, 1.165) is 11.4 Å². The summed E-state index contributed by atoms with van der Waals surface area (Å²) in [6.45, 7) is 6.38. The highest BCUT2D eigenvalue weighted by Gasteiger charge is 2.29. The van der Waals surface area contributed by atoms with E-state index in [-0.39, 0.29) is 29.9 Å². The fourth-order valence-corrected chi connectivity index (χ4v) is 4.18. The summed E-state index contributed by atoms with van der Waals surface area (Å²) in [5, 5.41) is 0. The van der Waals surface area contributed by atoms with Gasteiger partial charge in [-0.15, -0.1) is 0 Å². The average Bonchev–Trinajstić information content (AvgIpc) is 2.61. The third-order valence-electron chi connectivity index (χ3n) is 3.60. The van der Waals surface area contributed by atoms with Gasteiger partial charge in [0.1, 0.15) is 0 Å². The molecule has 0 aromatic carbocycles. The quantitative estimate of drug-likeness (QED) is 0.838. The van der Waals surface area contributed by atoms with Crippen LogP contribution in [0.5, 0.6) is 0 Å². The molecule has 0 amide bonds. The molecule has 1 aromatic rings. The molecule has 2 heterocycles. The predicted molar refractivity (Wildman–Crippen MR) is 74.3 cm³/mol. The average molecular weight is 284 g/mol. The van der Waals surface area contributed by atoms with Crippen molar-refractivity contribution in [2.24, 2.45) is 0 Å². The Morgan fingerprint density at radius 2 is 2.16 bits per heavy atom.